The predicted molar refractivity (Wildman–Crippen MR) is 51.8 cm³/mol. The second-order valence-corrected chi connectivity index (χ2v) is 2.83. The molecule has 0 spiro atoms. The molecule has 1 rings (SSSR count). The number of halogens is 1. The van der Waals surface area contributed by atoms with Gasteiger partial charge in [0, 0.05) is 0 Å². The Morgan fingerprint density at radius 2 is 2.31 bits per heavy atom. The first-order valence-corrected chi connectivity index (χ1v) is 4.25. The molecule has 2 N–H and O–H groups in total. The van der Waals surface area contributed by atoms with Crippen molar-refractivity contribution in [1.82, 2.24) is 0 Å². The van der Waals surface area contributed by atoms with E-state index >= 15 is 0 Å². The molecule has 0 amide bonds. The Bertz CT molecular complexity index is 325. The highest BCUT2D eigenvalue weighted by Crippen LogP contribution is 2.22. The number of hydrogen-bond acceptors (Lipinski definition) is 3. The van der Waals surface area contributed by atoms with Gasteiger partial charge in [0.25, 0.3) is 0 Å². The van der Waals surface area contributed by atoms with Crippen LogP contribution in [0.4, 0.5) is 5.69 Å². The number of carbonyl (C=O) groups is 1. The number of nitrogen functional groups attached to an aromatic ring is 1. The first kappa shape index (κ1) is 9.86. The Morgan fingerprint density at radius 3 is 2.92 bits per heavy atom. The SMILES string of the molecule is CCOC(=O)c1cccc(Cl)c1N. The molecular formula is C9H10ClNO2. The zero-order valence-electron chi connectivity index (χ0n) is 7.21. The first-order chi connectivity index (χ1) is 6.16. The Morgan fingerprint density at radius 1 is 1.62 bits per heavy atom. The van der Waals surface area contributed by atoms with Crippen molar-refractivity contribution in [3.63, 3.8) is 0 Å². The Labute approximate surface area is 81.4 Å². The molecule has 70 valence electrons. The number of ether oxygens (including phenoxy) is 1. The van der Waals surface area contributed by atoms with Gasteiger partial charge < -0.3 is 10.5 Å². The number of anilines is 1. The van der Waals surface area contributed by atoms with E-state index in [4.69, 9.17) is 22.1 Å². The van der Waals surface area contributed by atoms with Crippen LogP contribution in [0.2, 0.25) is 5.02 Å². The van der Waals surface area contributed by atoms with Crippen molar-refractivity contribution >= 4 is 23.3 Å². The van der Waals surface area contributed by atoms with E-state index in [2.05, 4.69) is 0 Å². The lowest BCUT2D eigenvalue weighted by atomic mass is 10.2. The number of hydrogen-bond donors (Lipinski definition) is 1. The van der Waals surface area contributed by atoms with Crippen molar-refractivity contribution in [3.8, 4) is 0 Å². The smallest absolute Gasteiger partial charge is 0.340 e. The summed E-state index contributed by atoms with van der Waals surface area (Å²) >= 11 is 5.73. The average Bonchev–Trinajstić information content (AvgIpc) is 2.10. The third-order valence-corrected chi connectivity index (χ3v) is 1.88. The van der Waals surface area contributed by atoms with Crippen LogP contribution < -0.4 is 5.73 Å². The summed E-state index contributed by atoms with van der Waals surface area (Å²) in [4.78, 5) is 11.3. The lowest BCUT2D eigenvalue weighted by Gasteiger charge is -2.05. The minimum absolute atomic E-state index is 0.266. The predicted octanol–water partition coefficient (Wildman–Crippen LogP) is 2.10. The summed E-state index contributed by atoms with van der Waals surface area (Å²) in [5, 5.41) is 0.366. The number of nitrogens with two attached hydrogens (primary N) is 1. The Balaban J connectivity index is 3.01. The van der Waals surface area contributed by atoms with Crippen LogP contribution in [-0.4, -0.2) is 12.6 Å². The Hall–Kier alpha value is -1.22. The summed E-state index contributed by atoms with van der Waals surface area (Å²) < 4.78 is 4.79. The van der Waals surface area contributed by atoms with Gasteiger partial charge in [0.05, 0.1) is 22.9 Å². The molecule has 0 saturated carbocycles. The van der Waals surface area contributed by atoms with E-state index in [1.54, 1.807) is 25.1 Å². The van der Waals surface area contributed by atoms with Crippen molar-refractivity contribution < 1.29 is 9.53 Å². The molecule has 0 bridgehead atoms. The molecule has 4 heteroatoms. The number of rotatable bonds is 2. The van der Waals surface area contributed by atoms with Gasteiger partial charge in [-0.3, -0.25) is 0 Å². The summed E-state index contributed by atoms with van der Waals surface area (Å²) in [6.07, 6.45) is 0. The molecule has 1 aromatic rings. The molecule has 0 fully saturated rings. The van der Waals surface area contributed by atoms with Gasteiger partial charge in [0.15, 0.2) is 0 Å². The highest BCUT2D eigenvalue weighted by Gasteiger charge is 2.11. The van der Waals surface area contributed by atoms with Crippen LogP contribution in [0, 0.1) is 0 Å². The summed E-state index contributed by atoms with van der Waals surface area (Å²) in [5.41, 5.74) is 6.16. The summed E-state index contributed by atoms with van der Waals surface area (Å²) in [6, 6.07) is 4.86. The van der Waals surface area contributed by atoms with E-state index in [0.29, 0.717) is 17.2 Å². The maximum Gasteiger partial charge on any atom is 0.340 e. The highest BCUT2D eigenvalue weighted by molar-refractivity contribution is 6.33. The number of carbonyl (C=O) groups excluding carboxylic acids is 1. The zero-order chi connectivity index (χ0) is 9.84. The molecule has 0 aromatic heterocycles. The second-order valence-electron chi connectivity index (χ2n) is 2.42. The summed E-state index contributed by atoms with van der Waals surface area (Å²) in [7, 11) is 0. The Kier molecular flexibility index (Phi) is 3.14. The van der Waals surface area contributed by atoms with Crippen molar-refractivity contribution in [2.45, 2.75) is 6.92 Å². The fourth-order valence-electron chi connectivity index (χ4n) is 0.924. The van der Waals surface area contributed by atoms with Crippen molar-refractivity contribution in [3.05, 3.63) is 28.8 Å². The molecule has 13 heavy (non-hydrogen) atoms. The second kappa shape index (κ2) is 4.14. The maximum atomic E-state index is 11.3. The largest absolute Gasteiger partial charge is 0.462 e. The number of para-hydroxylation sites is 1. The standard InChI is InChI=1S/C9H10ClNO2/c1-2-13-9(12)6-4-3-5-7(10)8(6)11/h3-5H,2,11H2,1H3. The normalized spacial score (nSPS) is 9.69. The summed E-state index contributed by atoms with van der Waals surface area (Å²) in [6.45, 7) is 2.06. The zero-order valence-corrected chi connectivity index (χ0v) is 7.97. The van der Waals surface area contributed by atoms with E-state index in [-0.39, 0.29) is 5.69 Å². The highest BCUT2D eigenvalue weighted by atomic mass is 35.5. The van der Waals surface area contributed by atoms with Gasteiger partial charge in [0.1, 0.15) is 0 Å². The van der Waals surface area contributed by atoms with Gasteiger partial charge >= 0.3 is 5.97 Å². The van der Waals surface area contributed by atoms with Crippen LogP contribution in [0.1, 0.15) is 17.3 Å². The van der Waals surface area contributed by atoms with Crippen molar-refractivity contribution in [2.75, 3.05) is 12.3 Å². The van der Waals surface area contributed by atoms with E-state index in [1.165, 1.54) is 0 Å². The topological polar surface area (TPSA) is 52.3 Å². The molecule has 0 saturated heterocycles. The first-order valence-electron chi connectivity index (χ1n) is 3.88. The average molecular weight is 200 g/mol. The minimum atomic E-state index is -0.442. The third-order valence-electron chi connectivity index (χ3n) is 1.55. The summed E-state index contributed by atoms with van der Waals surface area (Å²) in [5.74, 6) is -0.442. The van der Waals surface area contributed by atoms with Crippen LogP contribution in [0.25, 0.3) is 0 Å². The quantitative estimate of drug-likeness (QED) is 0.586. The van der Waals surface area contributed by atoms with E-state index < -0.39 is 5.97 Å². The van der Waals surface area contributed by atoms with Gasteiger partial charge in [0.2, 0.25) is 0 Å². The molecule has 0 radical (unpaired) electrons. The molecule has 0 aliphatic heterocycles. The van der Waals surface area contributed by atoms with Gasteiger partial charge in [-0.2, -0.15) is 0 Å². The van der Waals surface area contributed by atoms with Crippen molar-refractivity contribution in [2.24, 2.45) is 0 Å². The lowest BCUT2D eigenvalue weighted by molar-refractivity contribution is 0.0527. The monoisotopic (exact) mass is 199 g/mol. The maximum absolute atomic E-state index is 11.3. The van der Waals surface area contributed by atoms with Crippen molar-refractivity contribution in [1.29, 1.82) is 0 Å². The van der Waals surface area contributed by atoms with Crippen LogP contribution in [0.15, 0.2) is 18.2 Å². The lowest BCUT2D eigenvalue weighted by Crippen LogP contribution is -2.07. The third kappa shape index (κ3) is 2.12. The number of esters is 1. The minimum Gasteiger partial charge on any atom is -0.462 e. The van der Waals surface area contributed by atoms with E-state index in [1.807, 2.05) is 0 Å². The molecule has 0 heterocycles. The molecular weight excluding hydrogens is 190 g/mol. The molecule has 0 aliphatic rings. The van der Waals surface area contributed by atoms with E-state index in [0.717, 1.165) is 0 Å². The van der Waals surface area contributed by atoms with Crippen LogP contribution >= 0.6 is 11.6 Å². The number of benzene rings is 1. The molecule has 0 atom stereocenters. The van der Waals surface area contributed by atoms with Gasteiger partial charge in [-0.15, -0.1) is 0 Å². The van der Waals surface area contributed by atoms with Crippen LogP contribution in [-0.2, 0) is 4.74 Å². The molecule has 0 aliphatic carbocycles. The fourth-order valence-corrected chi connectivity index (χ4v) is 1.10. The molecule has 0 unspecified atom stereocenters. The van der Waals surface area contributed by atoms with Crippen LogP contribution in [0.3, 0.4) is 0 Å². The molecule has 1 aromatic carbocycles. The van der Waals surface area contributed by atoms with Gasteiger partial charge in [-0.25, -0.2) is 4.79 Å². The van der Waals surface area contributed by atoms with Gasteiger partial charge in [-0.1, -0.05) is 17.7 Å². The van der Waals surface area contributed by atoms with E-state index in [9.17, 15) is 4.79 Å². The molecule has 3 nitrogen and oxygen atoms in total. The van der Waals surface area contributed by atoms with Gasteiger partial charge in [-0.05, 0) is 19.1 Å². The van der Waals surface area contributed by atoms with Crippen LogP contribution in [0.5, 0.6) is 0 Å². The fraction of sp³-hybridized carbons (Fsp3) is 0.222.